The van der Waals surface area contributed by atoms with Gasteiger partial charge in [0.25, 0.3) is 0 Å². The number of ether oxygens (including phenoxy) is 1. The summed E-state index contributed by atoms with van der Waals surface area (Å²) in [5.74, 6) is 1.17. The average molecular weight is 437 g/mol. The third-order valence-electron chi connectivity index (χ3n) is 2.99. The van der Waals surface area contributed by atoms with Gasteiger partial charge in [-0.1, -0.05) is 43.5 Å². The molecule has 0 saturated carbocycles. The fourth-order valence-corrected chi connectivity index (χ4v) is 3.06. The van der Waals surface area contributed by atoms with Gasteiger partial charge >= 0.3 is 0 Å². The highest BCUT2D eigenvalue weighted by molar-refractivity contribution is 9.09. The van der Waals surface area contributed by atoms with Crippen LogP contribution in [0.15, 0.2) is 36.4 Å². The summed E-state index contributed by atoms with van der Waals surface area (Å²) in [6.45, 7) is 0. The zero-order chi connectivity index (χ0) is 15.2. The standard InChI is InChI=1S/C16H14Br2ClFO/c17-7-5-11-9-13(19)1-3-15(11)21-16-4-2-14(20)10-12(16)6-8-18/h1-4,9-10H,5-8H2. The molecule has 112 valence electrons. The second kappa shape index (κ2) is 8.16. The summed E-state index contributed by atoms with van der Waals surface area (Å²) in [5, 5.41) is 2.25. The van der Waals surface area contributed by atoms with Crippen molar-refractivity contribution in [1.82, 2.24) is 0 Å². The number of halogens is 4. The SMILES string of the molecule is Fc1ccc(Oc2ccc(Cl)cc2CCBr)c(CCBr)c1. The predicted octanol–water partition coefficient (Wildman–Crippen LogP) is 6.15. The van der Waals surface area contributed by atoms with Gasteiger partial charge in [-0.3, -0.25) is 0 Å². The summed E-state index contributed by atoms with van der Waals surface area (Å²) in [6, 6.07) is 10.1. The monoisotopic (exact) mass is 434 g/mol. The van der Waals surface area contributed by atoms with Crippen LogP contribution >= 0.6 is 43.5 Å². The Hall–Kier alpha value is -0.580. The molecule has 0 amide bonds. The van der Waals surface area contributed by atoms with Crippen molar-refractivity contribution in [2.45, 2.75) is 12.8 Å². The molecule has 2 aromatic carbocycles. The normalized spacial score (nSPS) is 10.7. The first-order valence-corrected chi connectivity index (χ1v) is 9.12. The molecule has 0 saturated heterocycles. The molecule has 2 aromatic rings. The maximum Gasteiger partial charge on any atom is 0.130 e. The van der Waals surface area contributed by atoms with Crippen LogP contribution in [-0.4, -0.2) is 10.7 Å². The van der Waals surface area contributed by atoms with Crippen LogP contribution in [-0.2, 0) is 12.8 Å². The van der Waals surface area contributed by atoms with Crippen LogP contribution in [0.1, 0.15) is 11.1 Å². The lowest BCUT2D eigenvalue weighted by Gasteiger charge is -2.14. The lowest BCUT2D eigenvalue weighted by atomic mass is 10.1. The zero-order valence-corrected chi connectivity index (χ0v) is 15.1. The highest BCUT2D eigenvalue weighted by Crippen LogP contribution is 2.31. The summed E-state index contributed by atoms with van der Waals surface area (Å²) in [6.07, 6.45) is 1.51. The summed E-state index contributed by atoms with van der Waals surface area (Å²) in [5.41, 5.74) is 1.86. The van der Waals surface area contributed by atoms with Gasteiger partial charge in [0.05, 0.1) is 0 Å². The van der Waals surface area contributed by atoms with Crippen LogP contribution in [0, 0.1) is 5.82 Å². The number of alkyl halides is 2. The van der Waals surface area contributed by atoms with Crippen LogP contribution in [0.5, 0.6) is 11.5 Å². The van der Waals surface area contributed by atoms with Crippen molar-refractivity contribution in [1.29, 1.82) is 0 Å². The summed E-state index contributed by atoms with van der Waals surface area (Å²) < 4.78 is 19.4. The number of rotatable bonds is 6. The van der Waals surface area contributed by atoms with Crippen molar-refractivity contribution >= 4 is 43.5 Å². The lowest BCUT2D eigenvalue weighted by molar-refractivity contribution is 0.469. The van der Waals surface area contributed by atoms with E-state index < -0.39 is 0 Å². The lowest BCUT2D eigenvalue weighted by Crippen LogP contribution is -1.97. The molecule has 2 rings (SSSR count). The van der Waals surface area contributed by atoms with E-state index in [9.17, 15) is 4.39 Å². The van der Waals surface area contributed by atoms with Gasteiger partial charge in [-0.25, -0.2) is 4.39 Å². The Balaban J connectivity index is 2.33. The Morgan fingerprint density at radius 3 is 2.10 bits per heavy atom. The van der Waals surface area contributed by atoms with E-state index in [0.29, 0.717) is 17.2 Å². The van der Waals surface area contributed by atoms with E-state index in [1.54, 1.807) is 12.1 Å². The molecule has 0 aromatic heterocycles. The van der Waals surface area contributed by atoms with Crippen molar-refractivity contribution in [3.8, 4) is 11.5 Å². The molecular weight excluding hydrogens is 422 g/mol. The molecule has 0 fully saturated rings. The largest absolute Gasteiger partial charge is 0.457 e. The Morgan fingerprint density at radius 1 is 0.905 bits per heavy atom. The second-order valence-corrected chi connectivity index (χ2v) is 6.51. The van der Waals surface area contributed by atoms with Gasteiger partial charge in [0.15, 0.2) is 0 Å². The highest BCUT2D eigenvalue weighted by Gasteiger charge is 2.10. The van der Waals surface area contributed by atoms with Gasteiger partial charge in [-0.05, 0) is 60.4 Å². The number of hydrogen-bond acceptors (Lipinski definition) is 1. The maximum atomic E-state index is 13.4. The smallest absolute Gasteiger partial charge is 0.130 e. The van der Waals surface area contributed by atoms with Crippen LogP contribution in [0.2, 0.25) is 5.02 Å². The zero-order valence-electron chi connectivity index (χ0n) is 11.2. The van der Waals surface area contributed by atoms with E-state index in [0.717, 1.165) is 34.0 Å². The van der Waals surface area contributed by atoms with Crippen molar-refractivity contribution in [3.63, 3.8) is 0 Å². The molecule has 0 unspecified atom stereocenters. The van der Waals surface area contributed by atoms with E-state index in [4.69, 9.17) is 16.3 Å². The van der Waals surface area contributed by atoms with Crippen LogP contribution in [0.3, 0.4) is 0 Å². The molecule has 0 heterocycles. The number of hydrogen-bond donors (Lipinski definition) is 0. The fourth-order valence-electron chi connectivity index (χ4n) is 2.01. The van der Waals surface area contributed by atoms with Gasteiger partial charge < -0.3 is 4.74 Å². The number of benzene rings is 2. The third-order valence-corrected chi connectivity index (χ3v) is 4.02. The van der Waals surface area contributed by atoms with Crippen molar-refractivity contribution in [2.75, 3.05) is 10.7 Å². The molecule has 0 aliphatic carbocycles. The minimum Gasteiger partial charge on any atom is -0.457 e. The van der Waals surface area contributed by atoms with Gasteiger partial charge in [-0.2, -0.15) is 0 Å². The number of aryl methyl sites for hydroxylation is 2. The molecule has 0 aliphatic rings. The van der Waals surface area contributed by atoms with Gasteiger partial charge in [0.1, 0.15) is 17.3 Å². The Morgan fingerprint density at radius 2 is 1.48 bits per heavy atom. The van der Waals surface area contributed by atoms with E-state index in [1.165, 1.54) is 12.1 Å². The minimum atomic E-state index is -0.255. The van der Waals surface area contributed by atoms with Crippen LogP contribution in [0.4, 0.5) is 4.39 Å². The first kappa shape index (κ1) is 16.8. The van der Waals surface area contributed by atoms with Crippen LogP contribution < -0.4 is 4.74 Å². The first-order valence-electron chi connectivity index (χ1n) is 6.50. The molecule has 0 atom stereocenters. The van der Waals surface area contributed by atoms with E-state index in [-0.39, 0.29) is 5.82 Å². The van der Waals surface area contributed by atoms with Crippen molar-refractivity contribution in [2.24, 2.45) is 0 Å². The quantitative estimate of drug-likeness (QED) is 0.494. The second-order valence-electron chi connectivity index (χ2n) is 4.48. The summed E-state index contributed by atoms with van der Waals surface area (Å²) in [4.78, 5) is 0. The van der Waals surface area contributed by atoms with Gasteiger partial charge in [0.2, 0.25) is 0 Å². The summed E-state index contributed by atoms with van der Waals surface area (Å²) >= 11 is 12.8. The molecule has 0 N–H and O–H groups in total. The van der Waals surface area contributed by atoms with Crippen molar-refractivity contribution in [3.05, 3.63) is 58.4 Å². The molecule has 21 heavy (non-hydrogen) atoms. The fraction of sp³-hybridized carbons (Fsp3) is 0.250. The van der Waals surface area contributed by atoms with E-state index in [2.05, 4.69) is 31.9 Å². The minimum absolute atomic E-state index is 0.255. The molecule has 0 spiro atoms. The van der Waals surface area contributed by atoms with Gasteiger partial charge in [-0.15, -0.1) is 0 Å². The molecule has 5 heteroatoms. The van der Waals surface area contributed by atoms with Crippen LogP contribution in [0.25, 0.3) is 0 Å². The first-order chi connectivity index (χ1) is 10.1. The van der Waals surface area contributed by atoms with E-state index >= 15 is 0 Å². The maximum absolute atomic E-state index is 13.4. The van der Waals surface area contributed by atoms with E-state index in [1.807, 2.05) is 12.1 Å². The molecule has 0 aliphatic heterocycles. The van der Waals surface area contributed by atoms with Gasteiger partial charge in [0, 0.05) is 15.7 Å². The van der Waals surface area contributed by atoms with Crippen molar-refractivity contribution < 1.29 is 9.13 Å². The molecule has 0 bridgehead atoms. The third kappa shape index (κ3) is 4.70. The summed E-state index contributed by atoms with van der Waals surface area (Å²) in [7, 11) is 0. The Kier molecular flexibility index (Phi) is 6.52. The topological polar surface area (TPSA) is 9.23 Å². The predicted molar refractivity (Wildman–Crippen MR) is 92.9 cm³/mol. The molecule has 0 radical (unpaired) electrons. The highest BCUT2D eigenvalue weighted by atomic mass is 79.9. The Bertz CT molecular complexity index is 566. The molecular formula is C16H14Br2ClFO. The Labute approximate surface area is 145 Å². The molecule has 1 nitrogen and oxygen atoms in total. The average Bonchev–Trinajstić information content (AvgIpc) is 2.45.